The molecule has 0 aliphatic carbocycles. The summed E-state index contributed by atoms with van der Waals surface area (Å²) in [5.74, 6) is 0.831. The molecule has 0 radical (unpaired) electrons. The Morgan fingerprint density at radius 1 is 1.04 bits per heavy atom. The third-order valence-electron chi connectivity index (χ3n) is 3.25. The van der Waals surface area contributed by atoms with E-state index in [9.17, 15) is 4.79 Å². The summed E-state index contributed by atoms with van der Waals surface area (Å²) in [6.07, 6.45) is 0.137. The molecule has 2 aromatic carbocycles. The van der Waals surface area contributed by atoms with Crippen molar-refractivity contribution in [3.63, 3.8) is 0 Å². The predicted molar refractivity (Wildman–Crippen MR) is 84.2 cm³/mol. The number of carbonyl (C=O) groups is 1. The Kier molecular flexibility index (Phi) is 5.59. The molecular weight excluding hydrogens is 294 g/mol. The van der Waals surface area contributed by atoms with Crippen LogP contribution < -0.4 is 9.47 Å². The minimum atomic E-state index is -0.348. The van der Waals surface area contributed by atoms with Crippen LogP contribution in [0, 0.1) is 11.3 Å². The Morgan fingerprint density at radius 2 is 1.83 bits per heavy atom. The fourth-order valence-corrected chi connectivity index (χ4v) is 2.10. The Hall–Kier alpha value is -3.00. The molecule has 2 aromatic rings. The van der Waals surface area contributed by atoms with Crippen molar-refractivity contribution in [2.45, 2.75) is 13.0 Å². The molecule has 23 heavy (non-hydrogen) atoms. The maximum atomic E-state index is 11.9. The van der Waals surface area contributed by atoms with E-state index in [4.69, 9.17) is 19.5 Å². The van der Waals surface area contributed by atoms with Gasteiger partial charge in [0.25, 0.3) is 0 Å². The fourth-order valence-electron chi connectivity index (χ4n) is 2.10. The van der Waals surface area contributed by atoms with Crippen LogP contribution in [0.2, 0.25) is 0 Å². The van der Waals surface area contributed by atoms with E-state index in [-0.39, 0.29) is 19.0 Å². The van der Waals surface area contributed by atoms with Gasteiger partial charge in [0.15, 0.2) is 11.5 Å². The summed E-state index contributed by atoms with van der Waals surface area (Å²) in [5, 5.41) is 8.85. The summed E-state index contributed by atoms with van der Waals surface area (Å²) >= 11 is 0. The minimum Gasteiger partial charge on any atom is -0.493 e. The number of hydrogen-bond acceptors (Lipinski definition) is 5. The average Bonchev–Trinajstić information content (AvgIpc) is 2.60. The second-order valence-electron chi connectivity index (χ2n) is 4.84. The SMILES string of the molecule is COc1ccc(CC(=O)OCc2cccc(C#N)c2)cc1OC. The van der Waals surface area contributed by atoms with Crippen molar-refractivity contribution in [1.29, 1.82) is 5.26 Å². The van der Waals surface area contributed by atoms with Crippen LogP contribution in [-0.2, 0) is 22.6 Å². The van der Waals surface area contributed by atoms with Gasteiger partial charge in [-0.2, -0.15) is 5.26 Å². The molecule has 0 heterocycles. The van der Waals surface area contributed by atoms with E-state index in [0.29, 0.717) is 17.1 Å². The highest BCUT2D eigenvalue weighted by Gasteiger charge is 2.09. The summed E-state index contributed by atoms with van der Waals surface area (Å²) in [7, 11) is 3.10. The zero-order valence-corrected chi connectivity index (χ0v) is 13.0. The quantitative estimate of drug-likeness (QED) is 0.767. The van der Waals surface area contributed by atoms with Crippen molar-refractivity contribution in [1.82, 2.24) is 0 Å². The van der Waals surface area contributed by atoms with Crippen LogP contribution in [-0.4, -0.2) is 20.2 Å². The molecule has 0 saturated carbocycles. The van der Waals surface area contributed by atoms with E-state index in [1.165, 1.54) is 0 Å². The molecule has 2 rings (SSSR count). The Labute approximate surface area is 135 Å². The monoisotopic (exact) mass is 311 g/mol. The predicted octanol–water partition coefficient (Wildman–Crippen LogP) is 2.86. The van der Waals surface area contributed by atoms with Gasteiger partial charge >= 0.3 is 5.97 Å². The van der Waals surface area contributed by atoms with Crippen LogP contribution >= 0.6 is 0 Å². The second kappa shape index (κ2) is 7.85. The number of rotatable bonds is 6. The van der Waals surface area contributed by atoms with Gasteiger partial charge in [-0.1, -0.05) is 18.2 Å². The third-order valence-corrected chi connectivity index (χ3v) is 3.25. The third kappa shape index (κ3) is 4.48. The van der Waals surface area contributed by atoms with Crippen LogP contribution in [0.3, 0.4) is 0 Å². The van der Waals surface area contributed by atoms with Crippen LogP contribution in [0.4, 0.5) is 0 Å². The van der Waals surface area contributed by atoms with Crippen molar-refractivity contribution in [2.24, 2.45) is 0 Å². The van der Waals surface area contributed by atoms with Gasteiger partial charge in [0.2, 0.25) is 0 Å². The summed E-state index contributed by atoms with van der Waals surface area (Å²) in [6.45, 7) is 0.141. The number of ether oxygens (including phenoxy) is 3. The molecule has 0 atom stereocenters. The number of hydrogen-bond donors (Lipinski definition) is 0. The molecule has 0 bridgehead atoms. The van der Waals surface area contributed by atoms with Gasteiger partial charge in [-0.05, 0) is 35.4 Å². The first-order chi connectivity index (χ1) is 11.2. The summed E-state index contributed by atoms with van der Waals surface area (Å²) < 4.78 is 15.6. The van der Waals surface area contributed by atoms with Gasteiger partial charge in [-0.3, -0.25) is 4.79 Å². The van der Waals surface area contributed by atoms with Crippen molar-refractivity contribution < 1.29 is 19.0 Å². The van der Waals surface area contributed by atoms with Crippen molar-refractivity contribution in [2.75, 3.05) is 14.2 Å². The normalized spacial score (nSPS) is 9.78. The lowest BCUT2D eigenvalue weighted by Crippen LogP contribution is -2.08. The van der Waals surface area contributed by atoms with E-state index >= 15 is 0 Å². The largest absolute Gasteiger partial charge is 0.493 e. The van der Waals surface area contributed by atoms with E-state index in [1.54, 1.807) is 50.6 Å². The van der Waals surface area contributed by atoms with E-state index < -0.39 is 0 Å². The lowest BCUT2D eigenvalue weighted by molar-refractivity contribution is -0.144. The molecule has 5 nitrogen and oxygen atoms in total. The highest BCUT2D eigenvalue weighted by molar-refractivity contribution is 5.73. The zero-order chi connectivity index (χ0) is 16.7. The Balaban J connectivity index is 1.95. The average molecular weight is 311 g/mol. The molecule has 0 fully saturated rings. The van der Waals surface area contributed by atoms with Crippen molar-refractivity contribution in [3.8, 4) is 17.6 Å². The van der Waals surface area contributed by atoms with Gasteiger partial charge in [0.05, 0.1) is 32.3 Å². The standard InChI is InChI=1S/C18H17NO4/c1-21-16-7-6-13(9-17(16)22-2)10-18(20)23-12-15-5-3-4-14(8-15)11-19/h3-9H,10,12H2,1-2H3. The van der Waals surface area contributed by atoms with Crippen molar-refractivity contribution >= 4 is 5.97 Å². The maximum absolute atomic E-state index is 11.9. The van der Waals surface area contributed by atoms with E-state index in [0.717, 1.165) is 11.1 Å². The number of carbonyl (C=O) groups excluding carboxylic acids is 1. The zero-order valence-electron chi connectivity index (χ0n) is 13.0. The first-order valence-electron chi connectivity index (χ1n) is 7.02. The van der Waals surface area contributed by atoms with Gasteiger partial charge in [0.1, 0.15) is 6.61 Å². The van der Waals surface area contributed by atoms with E-state index in [1.807, 2.05) is 6.07 Å². The van der Waals surface area contributed by atoms with Crippen LogP contribution in [0.15, 0.2) is 42.5 Å². The summed E-state index contributed by atoms with van der Waals surface area (Å²) in [5.41, 5.74) is 2.10. The molecule has 5 heteroatoms. The van der Waals surface area contributed by atoms with Gasteiger partial charge < -0.3 is 14.2 Å². The molecule has 0 aliphatic heterocycles. The van der Waals surface area contributed by atoms with Gasteiger partial charge in [-0.25, -0.2) is 0 Å². The lowest BCUT2D eigenvalue weighted by atomic mass is 10.1. The molecule has 0 spiro atoms. The molecule has 0 aliphatic rings. The Morgan fingerprint density at radius 3 is 2.52 bits per heavy atom. The number of methoxy groups -OCH3 is 2. The summed E-state index contributed by atoms with van der Waals surface area (Å²) in [6, 6.07) is 14.3. The lowest BCUT2D eigenvalue weighted by Gasteiger charge is -2.09. The molecule has 0 saturated heterocycles. The molecule has 0 aromatic heterocycles. The molecular formula is C18H17NO4. The van der Waals surface area contributed by atoms with Gasteiger partial charge in [0, 0.05) is 0 Å². The van der Waals surface area contributed by atoms with Crippen molar-refractivity contribution in [3.05, 3.63) is 59.2 Å². The molecule has 0 amide bonds. The highest BCUT2D eigenvalue weighted by atomic mass is 16.5. The topological polar surface area (TPSA) is 68.5 Å². The first kappa shape index (κ1) is 16.4. The Bertz CT molecular complexity index is 734. The molecule has 0 unspecified atom stereocenters. The van der Waals surface area contributed by atoms with E-state index in [2.05, 4.69) is 6.07 Å². The van der Waals surface area contributed by atoms with Crippen LogP contribution in [0.5, 0.6) is 11.5 Å². The van der Waals surface area contributed by atoms with Crippen LogP contribution in [0.25, 0.3) is 0 Å². The molecule has 0 N–H and O–H groups in total. The number of nitriles is 1. The number of nitrogens with zero attached hydrogens (tertiary/aromatic N) is 1. The maximum Gasteiger partial charge on any atom is 0.310 e. The molecule has 118 valence electrons. The summed E-state index contributed by atoms with van der Waals surface area (Å²) in [4.78, 5) is 11.9. The minimum absolute atomic E-state index is 0.137. The highest BCUT2D eigenvalue weighted by Crippen LogP contribution is 2.27. The van der Waals surface area contributed by atoms with Crippen LogP contribution in [0.1, 0.15) is 16.7 Å². The number of benzene rings is 2. The fraction of sp³-hybridized carbons (Fsp3) is 0.222. The second-order valence-corrected chi connectivity index (χ2v) is 4.84. The van der Waals surface area contributed by atoms with Gasteiger partial charge in [-0.15, -0.1) is 0 Å². The smallest absolute Gasteiger partial charge is 0.310 e. The number of esters is 1. The first-order valence-corrected chi connectivity index (χ1v) is 7.02.